The van der Waals surface area contributed by atoms with Gasteiger partial charge in [0.2, 0.25) is 0 Å². The predicted molar refractivity (Wildman–Crippen MR) is 105 cm³/mol. The van der Waals surface area contributed by atoms with E-state index in [4.69, 9.17) is 14.7 Å². The molecule has 1 N–H and O–H groups in total. The minimum absolute atomic E-state index is 0.0898. The standard InChI is InChI=1S/C21H22N4O5/c22-7-2-3-17-20(24-9-8-23-17)21(28)25-10-12-29-14-15(25)6-11-30-19-5-1-4-18(27)16(19)13-26/h1,4-5,8-9,13,15,27H,2-3,6,10-12,14H2/t15-/m1/s1. The topological polar surface area (TPSA) is 126 Å². The summed E-state index contributed by atoms with van der Waals surface area (Å²) in [6.07, 6.45) is 4.59. The summed E-state index contributed by atoms with van der Waals surface area (Å²) in [5, 5.41) is 18.6. The molecule has 9 nitrogen and oxygen atoms in total. The van der Waals surface area contributed by atoms with Crippen LogP contribution in [-0.4, -0.2) is 64.6 Å². The van der Waals surface area contributed by atoms with E-state index in [1.54, 1.807) is 17.0 Å². The van der Waals surface area contributed by atoms with Crippen molar-refractivity contribution in [1.82, 2.24) is 14.9 Å². The van der Waals surface area contributed by atoms with Crippen LogP contribution in [0.5, 0.6) is 11.5 Å². The first-order valence-corrected chi connectivity index (χ1v) is 9.61. The maximum Gasteiger partial charge on any atom is 0.274 e. The first kappa shape index (κ1) is 21.2. The van der Waals surface area contributed by atoms with Crippen LogP contribution in [0.1, 0.15) is 39.4 Å². The molecule has 30 heavy (non-hydrogen) atoms. The summed E-state index contributed by atoms with van der Waals surface area (Å²) in [5.41, 5.74) is 0.838. The lowest BCUT2D eigenvalue weighted by molar-refractivity contribution is -0.00781. The van der Waals surface area contributed by atoms with E-state index in [0.29, 0.717) is 44.6 Å². The number of aldehydes is 1. The Morgan fingerprint density at radius 1 is 1.40 bits per heavy atom. The smallest absolute Gasteiger partial charge is 0.274 e. The molecule has 0 saturated carbocycles. The Hall–Kier alpha value is -3.51. The van der Waals surface area contributed by atoms with Crippen molar-refractivity contribution in [2.75, 3.05) is 26.4 Å². The van der Waals surface area contributed by atoms with E-state index in [9.17, 15) is 14.7 Å². The van der Waals surface area contributed by atoms with Crippen molar-refractivity contribution in [2.45, 2.75) is 25.3 Å². The van der Waals surface area contributed by atoms with Gasteiger partial charge in [-0.3, -0.25) is 14.6 Å². The number of hydrogen-bond acceptors (Lipinski definition) is 8. The SMILES string of the molecule is N#CCCc1nccnc1C(=O)N1CCOC[C@H]1CCOc1cccc(O)c1C=O. The number of morpholine rings is 1. The second-order valence-electron chi connectivity index (χ2n) is 6.68. The molecular formula is C21H22N4O5. The monoisotopic (exact) mass is 410 g/mol. The minimum atomic E-state index is -0.254. The molecule has 1 amide bonds. The van der Waals surface area contributed by atoms with Gasteiger partial charge in [0, 0.05) is 38.2 Å². The first-order valence-electron chi connectivity index (χ1n) is 9.61. The first-order chi connectivity index (χ1) is 14.7. The molecule has 1 atom stereocenters. The van der Waals surface area contributed by atoms with E-state index in [-0.39, 0.29) is 47.7 Å². The Bertz CT molecular complexity index is 943. The van der Waals surface area contributed by atoms with E-state index in [0.717, 1.165) is 0 Å². The van der Waals surface area contributed by atoms with Crippen LogP contribution in [0.25, 0.3) is 0 Å². The number of amides is 1. The molecule has 0 bridgehead atoms. The van der Waals surface area contributed by atoms with Crippen LogP contribution in [0.2, 0.25) is 0 Å². The highest BCUT2D eigenvalue weighted by Gasteiger charge is 2.30. The third kappa shape index (κ3) is 4.90. The molecule has 9 heteroatoms. The maximum absolute atomic E-state index is 13.1. The van der Waals surface area contributed by atoms with Gasteiger partial charge in [0.1, 0.15) is 17.2 Å². The third-order valence-electron chi connectivity index (χ3n) is 4.81. The van der Waals surface area contributed by atoms with E-state index in [1.807, 2.05) is 0 Å². The fourth-order valence-electron chi connectivity index (χ4n) is 3.28. The molecule has 1 saturated heterocycles. The highest BCUT2D eigenvalue weighted by molar-refractivity contribution is 5.93. The second-order valence-corrected chi connectivity index (χ2v) is 6.68. The molecule has 0 radical (unpaired) electrons. The van der Waals surface area contributed by atoms with Crippen molar-refractivity contribution < 1.29 is 24.2 Å². The summed E-state index contributed by atoms with van der Waals surface area (Å²) in [6, 6.07) is 6.42. The molecule has 2 aromatic rings. The molecule has 1 aromatic carbocycles. The lowest BCUT2D eigenvalue weighted by atomic mass is 10.1. The zero-order valence-corrected chi connectivity index (χ0v) is 16.4. The largest absolute Gasteiger partial charge is 0.507 e. The quantitative estimate of drug-likeness (QED) is 0.653. The van der Waals surface area contributed by atoms with Gasteiger partial charge in [0.05, 0.1) is 43.2 Å². The van der Waals surface area contributed by atoms with Crippen molar-refractivity contribution in [1.29, 1.82) is 5.26 Å². The number of aryl methyl sites for hydroxylation is 1. The zero-order valence-electron chi connectivity index (χ0n) is 16.4. The number of phenolic OH excluding ortho intramolecular Hbond substituents is 1. The number of carbonyl (C=O) groups is 2. The van der Waals surface area contributed by atoms with Gasteiger partial charge in [-0.2, -0.15) is 5.26 Å². The molecule has 1 aliphatic rings. The van der Waals surface area contributed by atoms with Crippen LogP contribution in [-0.2, 0) is 11.2 Å². The Labute approximate surface area is 173 Å². The number of phenols is 1. The minimum Gasteiger partial charge on any atom is -0.507 e. The summed E-state index contributed by atoms with van der Waals surface area (Å²) in [4.78, 5) is 34.4. The van der Waals surface area contributed by atoms with E-state index in [2.05, 4.69) is 16.0 Å². The van der Waals surface area contributed by atoms with Crippen molar-refractivity contribution in [2.24, 2.45) is 0 Å². The molecule has 0 aliphatic carbocycles. The van der Waals surface area contributed by atoms with Gasteiger partial charge in [-0.05, 0) is 12.1 Å². The highest BCUT2D eigenvalue weighted by Crippen LogP contribution is 2.26. The summed E-state index contributed by atoms with van der Waals surface area (Å²) < 4.78 is 11.2. The summed E-state index contributed by atoms with van der Waals surface area (Å²) in [6.45, 7) is 1.40. The van der Waals surface area contributed by atoms with E-state index < -0.39 is 0 Å². The normalized spacial score (nSPS) is 16.0. The van der Waals surface area contributed by atoms with Gasteiger partial charge in [0.25, 0.3) is 5.91 Å². The fourth-order valence-corrected chi connectivity index (χ4v) is 3.28. The van der Waals surface area contributed by atoms with E-state index in [1.165, 1.54) is 18.5 Å². The Kier molecular flexibility index (Phi) is 7.29. The average molecular weight is 410 g/mol. The average Bonchev–Trinajstić information content (AvgIpc) is 2.78. The molecule has 1 aromatic heterocycles. The number of nitrogens with zero attached hydrogens (tertiary/aromatic N) is 4. The lowest BCUT2D eigenvalue weighted by Crippen LogP contribution is -2.49. The highest BCUT2D eigenvalue weighted by atomic mass is 16.5. The Morgan fingerprint density at radius 3 is 3.03 bits per heavy atom. The van der Waals surface area contributed by atoms with Crippen LogP contribution >= 0.6 is 0 Å². The van der Waals surface area contributed by atoms with Crippen LogP contribution in [0.4, 0.5) is 0 Å². The molecule has 0 unspecified atom stereocenters. The van der Waals surface area contributed by atoms with Crippen molar-refractivity contribution in [3.05, 3.63) is 47.5 Å². The van der Waals surface area contributed by atoms with Crippen LogP contribution in [0.15, 0.2) is 30.6 Å². The molecular weight excluding hydrogens is 388 g/mol. The van der Waals surface area contributed by atoms with Crippen molar-refractivity contribution in [3.63, 3.8) is 0 Å². The van der Waals surface area contributed by atoms with E-state index >= 15 is 0 Å². The van der Waals surface area contributed by atoms with Gasteiger partial charge < -0.3 is 19.5 Å². The summed E-state index contributed by atoms with van der Waals surface area (Å²) in [7, 11) is 0. The van der Waals surface area contributed by atoms with Gasteiger partial charge in [-0.25, -0.2) is 4.98 Å². The van der Waals surface area contributed by atoms with Gasteiger partial charge in [-0.15, -0.1) is 0 Å². The number of hydrogen-bond donors (Lipinski definition) is 1. The van der Waals surface area contributed by atoms with Crippen molar-refractivity contribution in [3.8, 4) is 17.6 Å². The lowest BCUT2D eigenvalue weighted by Gasteiger charge is -2.35. The van der Waals surface area contributed by atoms with Gasteiger partial charge in [-0.1, -0.05) is 6.07 Å². The number of carbonyl (C=O) groups excluding carboxylic acids is 2. The summed E-state index contributed by atoms with van der Waals surface area (Å²) in [5.74, 6) is -0.115. The zero-order chi connectivity index (χ0) is 21.3. The third-order valence-corrected chi connectivity index (χ3v) is 4.81. The Balaban J connectivity index is 1.69. The van der Waals surface area contributed by atoms with Gasteiger partial charge in [0.15, 0.2) is 6.29 Å². The molecule has 3 rings (SSSR count). The van der Waals surface area contributed by atoms with Gasteiger partial charge >= 0.3 is 0 Å². The molecule has 0 spiro atoms. The molecule has 1 aliphatic heterocycles. The number of ether oxygens (including phenoxy) is 2. The molecule has 1 fully saturated rings. The summed E-state index contributed by atoms with van der Waals surface area (Å²) >= 11 is 0. The molecule has 156 valence electrons. The number of aromatic hydroxyl groups is 1. The van der Waals surface area contributed by atoms with Crippen LogP contribution in [0, 0.1) is 11.3 Å². The van der Waals surface area contributed by atoms with Crippen LogP contribution < -0.4 is 4.74 Å². The number of nitriles is 1. The maximum atomic E-state index is 13.1. The number of rotatable bonds is 8. The number of aromatic nitrogens is 2. The van der Waals surface area contributed by atoms with Crippen molar-refractivity contribution >= 4 is 12.2 Å². The number of benzene rings is 1. The predicted octanol–water partition coefficient (Wildman–Crippen LogP) is 1.76. The second kappa shape index (κ2) is 10.3. The van der Waals surface area contributed by atoms with Crippen LogP contribution in [0.3, 0.4) is 0 Å². The Morgan fingerprint density at radius 2 is 2.23 bits per heavy atom. The molecule has 2 heterocycles. The fraction of sp³-hybridized carbons (Fsp3) is 0.381.